The molecule has 0 aliphatic heterocycles. The van der Waals surface area contributed by atoms with E-state index in [0.29, 0.717) is 12.6 Å². The third-order valence-corrected chi connectivity index (χ3v) is 1.63. The van der Waals surface area contributed by atoms with Gasteiger partial charge in [-0.15, -0.1) is 0 Å². The van der Waals surface area contributed by atoms with E-state index in [-0.39, 0.29) is 6.61 Å². The number of aliphatic hydroxyl groups excluding tert-OH is 2. The van der Waals surface area contributed by atoms with Crippen LogP contribution in [0.3, 0.4) is 0 Å². The number of hydrogen-bond donors (Lipinski definition) is 3. The molecule has 0 heterocycles. The van der Waals surface area contributed by atoms with Gasteiger partial charge in [0, 0.05) is 12.6 Å². The smallest absolute Gasteiger partial charge is 0.0895 e. The molecule has 0 aromatic carbocycles. The summed E-state index contributed by atoms with van der Waals surface area (Å²) in [5.74, 6) is 0. The monoisotopic (exact) mass is 161 g/mol. The van der Waals surface area contributed by atoms with Gasteiger partial charge in [-0.05, 0) is 13.3 Å². The third-order valence-electron chi connectivity index (χ3n) is 1.63. The molecule has 68 valence electrons. The number of aliphatic hydroxyl groups is 2. The summed E-state index contributed by atoms with van der Waals surface area (Å²) in [5, 5.41) is 20.6. The number of rotatable bonds is 6. The molecule has 0 aliphatic rings. The predicted molar refractivity (Wildman–Crippen MR) is 45.5 cm³/mol. The second kappa shape index (κ2) is 6.58. The van der Waals surface area contributed by atoms with E-state index in [9.17, 15) is 0 Å². The lowest BCUT2D eigenvalue weighted by atomic mass is 10.2. The number of nitrogens with one attached hydrogen (secondary N) is 1. The van der Waals surface area contributed by atoms with Crippen LogP contribution >= 0.6 is 0 Å². The molecule has 0 spiro atoms. The van der Waals surface area contributed by atoms with Crippen LogP contribution in [-0.4, -0.2) is 35.5 Å². The van der Waals surface area contributed by atoms with Crippen LogP contribution in [0.4, 0.5) is 0 Å². The number of hydrogen-bond acceptors (Lipinski definition) is 3. The van der Waals surface area contributed by atoms with E-state index in [0.717, 1.165) is 12.8 Å². The summed E-state index contributed by atoms with van der Waals surface area (Å²) in [5.41, 5.74) is 0. The summed E-state index contributed by atoms with van der Waals surface area (Å²) >= 11 is 0. The van der Waals surface area contributed by atoms with Crippen LogP contribution in [0.5, 0.6) is 0 Å². The summed E-state index contributed by atoms with van der Waals surface area (Å²) in [7, 11) is 0. The van der Waals surface area contributed by atoms with Crippen molar-refractivity contribution in [2.24, 2.45) is 0 Å². The first-order chi connectivity index (χ1) is 5.20. The quantitative estimate of drug-likeness (QED) is 0.518. The molecule has 3 heteroatoms. The Labute approximate surface area is 68.4 Å². The molecule has 1 unspecified atom stereocenters. The van der Waals surface area contributed by atoms with Gasteiger partial charge in [-0.2, -0.15) is 0 Å². The Morgan fingerprint density at radius 1 is 1.45 bits per heavy atom. The lowest BCUT2D eigenvalue weighted by Crippen LogP contribution is -2.35. The Kier molecular flexibility index (Phi) is 6.51. The Morgan fingerprint density at radius 2 is 2.09 bits per heavy atom. The van der Waals surface area contributed by atoms with E-state index in [1.54, 1.807) is 0 Å². The van der Waals surface area contributed by atoms with Gasteiger partial charge < -0.3 is 15.5 Å². The average molecular weight is 161 g/mol. The highest BCUT2D eigenvalue weighted by atomic mass is 16.3. The molecule has 0 fully saturated rings. The minimum atomic E-state index is -0.616. The molecular formula is C8H19NO2. The molecule has 11 heavy (non-hydrogen) atoms. The lowest BCUT2D eigenvalue weighted by Gasteiger charge is -2.14. The van der Waals surface area contributed by atoms with E-state index in [2.05, 4.69) is 19.2 Å². The zero-order valence-electron chi connectivity index (χ0n) is 7.38. The van der Waals surface area contributed by atoms with Crippen molar-refractivity contribution < 1.29 is 10.2 Å². The van der Waals surface area contributed by atoms with Gasteiger partial charge in [-0.1, -0.05) is 13.3 Å². The van der Waals surface area contributed by atoms with E-state index in [1.165, 1.54) is 0 Å². The molecular weight excluding hydrogens is 142 g/mol. The fourth-order valence-corrected chi connectivity index (χ4v) is 0.937. The van der Waals surface area contributed by atoms with Crippen LogP contribution in [0.25, 0.3) is 0 Å². The molecule has 0 radical (unpaired) electrons. The van der Waals surface area contributed by atoms with E-state index in [4.69, 9.17) is 10.2 Å². The van der Waals surface area contributed by atoms with Crippen LogP contribution in [0.1, 0.15) is 26.7 Å². The third kappa shape index (κ3) is 6.28. The van der Waals surface area contributed by atoms with Crippen molar-refractivity contribution in [3.05, 3.63) is 0 Å². The molecule has 0 aromatic rings. The first kappa shape index (κ1) is 10.9. The first-order valence-electron chi connectivity index (χ1n) is 4.23. The molecule has 0 amide bonds. The van der Waals surface area contributed by atoms with Crippen LogP contribution in [0, 0.1) is 0 Å². The normalized spacial score (nSPS) is 16.4. The Balaban J connectivity index is 3.22. The molecule has 0 aliphatic carbocycles. The maximum atomic E-state index is 8.96. The molecule has 3 nitrogen and oxygen atoms in total. The molecule has 2 atom stereocenters. The topological polar surface area (TPSA) is 52.5 Å². The van der Waals surface area contributed by atoms with Crippen molar-refractivity contribution in [3.63, 3.8) is 0 Å². The Hall–Kier alpha value is -0.120. The van der Waals surface area contributed by atoms with E-state index in [1.807, 2.05) is 0 Å². The van der Waals surface area contributed by atoms with Crippen molar-refractivity contribution >= 4 is 0 Å². The molecule has 3 N–H and O–H groups in total. The van der Waals surface area contributed by atoms with Gasteiger partial charge >= 0.3 is 0 Å². The standard InChI is InChI=1S/C8H19NO2/c1-3-4-7(2)9-5-8(11)6-10/h7-11H,3-6H2,1-2H3/t7?,8-/m0/s1. The fourth-order valence-electron chi connectivity index (χ4n) is 0.937. The minimum Gasteiger partial charge on any atom is -0.394 e. The van der Waals surface area contributed by atoms with Crippen molar-refractivity contribution in [1.29, 1.82) is 0 Å². The zero-order chi connectivity index (χ0) is 8.69. The van der Waals surface area contributed by atoms with Gasteiger partial charge in [-0.25, -0.2) is 0 Å². The Bertz CT molecular complexity index is 88.2. The molecule has 0 bridgehead atoms. The summed E-state index contributed by atoms with van der Waals surface area (Å²) in [4.78, 5) is 0. The maximum Gasteiger partial charge on any atom is 0.0895 e. The van der Waals surface area contributed by atoms with E-state index < -0.39 is 6.10 Å². The molecule has 0 aromatic heterocycles. The van der Waals surface area contributed by atoms with Crippen LogP contribution in [-0.2, 0) is 0 Å². The lowest BCUT2D eigenvalue weighted by molar-refractivity contribution is 0.0921. The second-order valence-electron chi connectivity index (χ2n) is 2.93. The van der Waals surface area contributed by atoms with Crippen molar-refractivity contribution in [3.8, 4) is 0 Å². The van der Waals surface area contributed by atoms with Crippen LogP contribution in [0.15, 0.2) is 0 Å². The van der Waals surface area contributed by atoms with Crippen molar-refractivity contribution in [2.45, 2.75) is 38.8 Å². The highest BCUT2D eigenvalue weighted by Gasteiger charge is 2.03. The van der Waals surface area contributed by atoms with Gasteiger partial charge in [0.1, 0.15) is 0 Å². The maximum absolute atomic E-state index is 8.96. The Morgan fingerprint density at radius 3 is 2.55 bits per heavy atom. The van der Waals surface area contributed by atoms with Gasteiger partial charge in [0.15, 0.2) is 0 Å². The SMILES string of the molecule is CCCC(C)NC[C@H](O)CO. The van der Waals surface area contributed by atoms with Gasteiger partial charge in [0.2, 0.25) is 0 Å². The van der Waals surface area contributed by atoms with Gasteiger partial charge in [-0.3, -0.25) is 0 Å². The zero-order valence-corrected chi connectivity index (χ0v) is 7.38. The second-order valence-corrected chi connectivity index (χ2v) is 2.93. The predicted octanol–water partition coefficient (Wildman–Crippen LogP) is 0.118. The largest absolute Gasteiger partial charge is 0.394 e. The fraction of sp³-hybridized carbons (Fsp3) is 1.00. The molecule has 0 rings (SSSR count). The summed E-state index contributed by atoms with van der Waals surface area (Å²) in [6, 6.07) is 0.432. The highest BCUT2D eigenvalue weighted by Crippen LogP contribution is 1.94. The van der Waals surface area contributed by atoms with Crippen molar-refractivity contribution in [2.75, 3.05) is 13.2 Å². The van der Waals surface area contributed by atoms with Gasteiger partial charge in [0.25, 0.3) is 0 Å². The summed E-state index contributed by atoms with van der Waals surface area (Å²) in [6.07, 6.45) is 1.64. The average Bonchev–Trinajstić information content (AvgIpc) is 2.01. The molecule has 0 saturated carbocycles. The summed E-state index contributed by atoms with van der Waals surface area (Å²) in [6.45, 7) is 4.53. The first-order valence-corrected chi connectivity index (χ1v) is 4.23. The van der Waals surface area contributed by atoms with Crippen LogP contribution in [0.2, 0.25) is 0 Å². The minimum absolute atomic E-state index is 0.161. The summed E-state index contributed by atoms with van der Waals surface area (Å²) < 4.78 is 0. The van der Waals surface area contributed by atoms with Gasteiger partial charge in [0.05, 0.1) is 12.7 Å². The molecule has 0 saturated heterocycles. The highest BCUT2D eigenvalue weighted by molar-refractivity contribution is 4.63. The van der Waals surface area contributed by atoms with E-state index >= 15 is 0 Å². The van der Waals surface area contributed by atoms with Crippen LogP contribution < -0.4 is 5.32 Å². The van der Waals surface area contributed by atoms with Crippen molar-refractivity contribution in [1.82, 2.24) is 5.32 Å².